The third kappa shape index (κ3) is 4.44. The Bertz CT molecular complexity index is 181. The maximum atomic E-state index is 5.65. The molecule has 0 aliphatic rings. The van der Waals surface area contributed by atoms with E-state index in [1.54, 1.807) is 0 Å². The van der Waals surface area contributed by atoms with Crippen molar-refractivity contribution < 1.29 is 0 Å². The number of benzene rings is 1. The summed E-state index contributed by atoms with van der Waals surface area (Å²) in [6, 6.07) is 7.77. The smallest absolute Gasteiger partial charge is 0.0406 e. The Hall–Kier alpha value is -0.0100. The molecule has 62 valence electrons. The van der Waals surface area contributed by atoms with Crippen LogP contribution in [0.25, 0.3) is 0 Å². The Kier molecular flexibility index (Phi) is 6.68. The van der Waals surface area contributed by atoms with Gasteiger partial charge in [0, 0.05) is 10.4 Å². The van der Waals surface area contributed by atoms with Gasteiger partial charge in [0.25, 0.3) is 0 Å². The zero-order valence-corrected chi connectivity index (χ0v) is 9.11. The first-order valence-corrected chi connectivity index (χ1v) is 5.13. The van der Waals surface area contributed by atoms with Crippen LogP contribution in [0.4, 0.5) is 0 Å². The van der Waals surface area contributed by atoms with Crippen LogP contribution in [-0.2, 0) is 5.33 Å². The first-order valence-electron chi connectivity index (χ1n) is 3.63. The van der Waals surface area contributed by atoms with E-state index in [1.807, 2.05) is 38.1 Å². The van der Waals surface area contributed by atoms with Crippen LogP contribution in [0.2, 0.25) is 5.02 Å². The second-order valence-electron chi connectivity index (χ2n) is 1.76. The van der Waals surface area contributed by atoms with E-state index in [2.05, 4.69) is 15.9 Å². The molecule has 0 fully saturated rings. The molecule has 1 aromatic rings. The quantitative estimate of drug-likeness (QED) is 0.638. The summed E-state index contributed by atoms with van der Waals surface area (Å²) in [5, 5.41) is 1.68. The van der Waals surface area contributed by atoms with Crippen LogP contribution >= 0.6 is 27.5 Å². The molecule has 2 heteroatoms. The van der Waals surface area contributed by atoms with Crippen molar-refractivity contribution in [1.29, 1.82) is 0 Å². The van der Waals surface area contributed by atoms with E-state index in [9.17, 15) is 0 Å². The van der Waals surface area contributed by atoms with Crippen molar-refractivity contribution in [2.45, 2.75) is 19.2 Å². The number of rotatable bonds is 1. The van der Waals surface area contributed by atoms with Crippen LogP contribution in [0.5, 0.6) is 0 Å². The Labute approximate surface area is 81.7 Å². The van der Waals surface area contributed by atoms with Crippen LogP contribution in [0.15, 0.2) is 24.3 Å². The third-order valence-electron chi connectivity index (χ3n) is 1.07. The van der Waals surface area contributed by atoms with Gasteiger partial charge in [0.05, 0.1) is 0 Å². The van der Waals surface area contributed by atoms with E-state index >= 15 is 0 Å². The molecule has 0 amide bonds. The molecule has 1 rings (SSSR count). The molecule has 0 aliphatic carbocycles. The maximum Gasteiger partial charge on any atom is 0.0406 e. The molecular formula is C9H12BrCl. The predicted molar refractivity (Wildman–Crippen MR) is 55.4 cm³/mol. The van der Waals surface area contributed by atoms with Crippen molar-refractivity contribution in [3.8, 4) is 0 Å². The summed E-state index contributed by atoms with van der Waals surface area (Å²) in [7, 11) is 0. The molecule has 0 nitrogen and oxygen atoms in total. The van der Waals surface area contributed by atoms with Gasteiger partial charge in [0.1, 0.15) is 0 Å². The minimum absolute atomic E-state index is 0.791. The lowest BCUT2D eigenvalue weighted by Gasteiger charge is -1.92. The van der Waals surface area contributed by atoms with Gasteiger partial charge >= 0.3 is 0 Å². The number of hydrogen-bond donors (Lipinski definition) is 0. The molecular weight excluding hydrogens is 223 g/mol. The minimum atomic E-state index is 0.791. The number of hydrogen-bond acceptors (Lipinski definition) is 0. The average Bonchev–Trinajstić information content (AvgIpc) is 2.10. The van der Waals surface area contributed by atoms with Crippen molar-refractivity contribution in [3.63, 3.8) is 0 Å². The van der Waals surface area contributed by atoms with E-state index in [-0.39, 0.29) is 0 Å². The van der Waals surface area contributed by atoms with Gasteiger partial charge in [-0.3, -0.25) is 0 Å². The summed E-state index contributed by atoms with van der Waals surface area (Å²) in [6.45, 7) is 4.00. The van der Waals surface area contributed by atoms with Crippen LogP contribution < -0.4 is 0 Å². The highest BCUT2D eigenvalue weighted by Gasteiger charge is 1.87. The fourth-order valence-corrected chi connectivity index (χ4v) is 1.07. The zero-order valence-electron chi connectivity index (χ0n) is 6.77. The summed E-state index contributed by atoms with van der Waals surface area (Å²) in [5.41, 5.74) is 1.25. The minimum Gasteiger partial charge on any atom is -0.0876 e. The molecule has 0 aromatic heterocycles. The molecule has 0 atom stereocenters. The number of alkyl halides is 1. The topological polar surface area (TPSA) is 0 Å². The second-order valence-corrected chi connectivity index (χ2v) is 2.76. The Morgan fingerprint density at radius 1 is 1.18 bits per heavy atom. The molecule has 0 unspecified atom stereocenters. The molecule has 11 heavy (non-hydrogen) atoms. The Balaban J connectivity index is 0.000000461. The van der Waals surface area contributed by atoms with Crippen molar-refractivity contribution in [3.05, 3.63) is 34.9 Å². The highest BCUT2D eigenvalue weighted by atomic mass is 79.9. The molecule has 0 heterocycles. The van der Waals surface area contributed by atoms with Crippen LogP contribution in [0.3, 0.4) is 0 Å². The fourth-order valence-electron chi connectivity index (χ4n) is 0.573. The monoisotopic (exact) mass is 234 g/mol. The van der Waals surface area contributed by atoms with Gasteiger partial charge in [0.15, 0.2) is 0 Å². The first-order chi connectivity index (χ1) is 5.33. The van der Waals surface area contributed by atoms with Crippen LogP contribution in [0.1, 0.15) is 19.4 Å². The Morgan fingerprint density at radius 3 is 2.00 bits per heavy atom. The SMILES string of the molecule is CC.Clc1ccc(CBr)cc1. The fraction of sp³-hybridized carbons (Fsp3) is 0.333. The lowest BCUT2D eigenvalue weighted by Crippen LogP contribution is -1.72. The molecule has 1 aromatic carbocycles. The van der Waals surface area contributed by atoms with E-state index < -0.39 is 0 Å². The van der Waals surface area contributed by atoms with Crippen molar-refractivity contribution in [2.24, 2.45) is 0 Å². The van der Waals surface area contributed by atoms with Gasteiger partial charge in [-0.2, -0.15) is 0 Å². The molecule has 0 spiro atoms. The van der Waals surface area contributed by atoms with Crippen LogP contribution in [-0.4, -0.2) is 0 Å². The van der Waals surface area contributed by atoms with Gasteiger partial charge in [-0.25, -0.2) is 0 Å². The van der Waals surface area contributed by atoms with E-state index in [0.717, 1.165) is 10.4 Å². The third-order valence-corrected chi connectivity index (χ3v) is 1.97. The zero-order chi connectivity index (χ0) is 8.69. The molecule has 0 N–H and O–H groups in total. The van der Waals surface area contributed by atoms with Gasteiger partial charge in [-0.05, 0) is 17.7 Å². The lowest BCUT2D eigenvalue weighted by molar-refractivity contribution is 1.44. The summed E-state index contributed by atoms with van der Waals surface area (Å²) in [6.07, 6.45) is 0. The average molecular weight is 236 g/mol. The molecule has 0 aliphatic heterocycles. The molecule has 0 saturated carbocycles. The van der Waals surface area contributed by atoms with E-state index in [0.29, 0.717) is 0 Å². The summed E-state index contributed by atoms with van der Waals surface area (Å²) in [5.74, 6) is 0. The molecule has 0 bridgehead atoms. The van der Waals surface area contributed by atoms with E-state index in [1.165, 1.54) is 5.56 Å². The van der Waals surface area contributed by atoms with Crippen molar-refractivity contribution in [2.75, 3.05) is 0 Å². The van der Waals surface area contributed by atoms with Crippen molar-refractivity contribution >= 4 is 27.5 Å². The normalized spacial score (nSPS) is 8.36. The predicted octanol–water partition coefficient (Wildman–Crippen LogP) is 4.26. The first kappa shape index (κ1) is 11.0. The second kappa shape index (κ2) is 6.68. The van der Waals surface area contributed by atoms with Gasteiger partial charge in [-0.1, -0.05) is 53.5 Å². The Morgan fingerprint density at radius 2 is 1.64 bits per heavy atom. The molecule has 0 radical (unpaired) electrons. The molecule has 0 saturated heterocycles. The van der Waals surface area contributed by atoms with Gasteiger partial charge in [0.2, 0.25) is 0 Å². The summed E-state index contributed by atoms with van der Waals surface area (Å²) < 4.78 is 0. The highest BCUT2D eigenvalue weighted by Crippen LogP contribution is 2.11. The summed E-state index contributed by atoms with van der Waals surface area (Å²) >= 11 is 8.99. The van der Waals surface area contributed by atoms with Crippen molar-refractivity contribution in [1.82, 2.24) is 0 Å². The van der Waals surface area contributed by atoms with E-state index in [4.69, 9.17) is 11.6 Å². The van der Waals surface area contributed by atoms with Gasteiger partial charge in [-0.15, -0.1) is 0 Å². The maximum absolute atomic E-state index is 5.65. The number of halogens is 2. The highest BCUT2D eigenvalue weighted by molar-refractivity contribution is 9.08. The largest absolute Gasteiger partial charge is 0.0876 e. The van der Waals surface area contributed by atoms with Gasteiger partial charge < -0.3 is 0 Å². The summed E-state index contributed by atoms with van der Waals surface area (Å²) in [4.78, 5) is 0. The van der Waals surface area contributed by atoms with Crippen LogP contribution in [0, 0.1) is 0 Å². The standard InChI is InChI=1S/C7H6BrCl.C2H6/c8-5-6-1-3-7(9)4-2-6;1-2/h1-4H,5H2;1-2H3. The lowest BCUT2D eigenvalue weighted by atomic mass is 10.2.